The number of ether oxygens (including phenoxy) is 1. The van der Waals surface area contributed by atoms with E-state index in [0.29, 0.717) is 12.8 Å². The van der Waals surface area contributed by atoms with E-state index in [0.717, 1.165) is 74.7 Å². The summed E-state index contributed by atoms with van der Waals surface area (Å²) in [6.07, 6.45) is 3.31. The van der Waals surface area contributed by atoms with Crippen molar-refractivity contribution in [2.24, 2.45) is 0 Å². The molecule has 2 heterocycles. The standard InChI is InChI=1S/C24H29N3O3.ClH/c28-23-11-9-19-18-20(8-10-22(19)25-23)24(29)27-15-13-26(14-16-27)12-4-5-17-30-21-6-2-1-3-7-21;/h1-3,6-8,10,18H,4-5,9,11-17H2,(H,25,28);1H. The molecule has 2 amide bonds. The van der Waals surface area contributed by atoms with Crippen LogP contribution in [-0.2, 0) is 11.2 Å². The average molecular weight is 444 g/mol. The molecule has 2 aliphatic heterocycles. The van der Waals surface area contributed by atoms with Gasteiger partial charge in [-0.25, -0.2) is 0 Å². The highest BCUT2D eigenvalue weighted by Gasteiger charge is 2.23. The number of benzene rings is 2. The maximum Gasteiger partial charge on any atom is 0.253 e. The number of unbranched alkanes of at least 4 members (excludes halogenated alkanes) is 1. The number of carbonyl (C=O) groups is 2. The van der Waals surface area contributed by atoms with Crippen LogP contribution in [0.5, 0.6) is 5.75 Å². The fourth-order valence-corrected chi connectivity index (χ4v) is 4.02. The van der Waals surface area contributed by atoms with Crippen molar-refractivity contribution in [2.45, 2.75) is 25.7 Å². The molecule has 1 N–H and O–H groups in total. The average Bonchev–Trinajstić information content (AvgIpc) is 2.79. The molecule has 0 saturated carbocycles. The van der Waals surface area contributed by atoms with Crippen LogP contribution in [0.25, 0.3) is 0 Å². The minimum Gasteiger partial charge on any atom is -0.494 e. The number of carbonyl (C=O) groups excluding carboxylic acids is 2. The number of nitrogens with one attached hydrogen (secondary N) is 1. The van der Waals surface area contributed by atoms with Crippen LogP contribution < -0.4 is 10.1 Å². The van der Waals surface area contributed by atoms with Crippen molar-refractivity contribution in [3.05, 3.63) is 59.7 Å². The third-order valence-electron chi connectivity index (χ3n) is 5.79. The lowest BCUT2D eigenvalue weighted by Gasteiger charge is -2.35. The molecule has 2 aliphatic rings. The van der Waals surface area contributed by atoms with Gasteiger partial charge in [-0.05, 0) is 61.7 Å². The summed E-state index contributed by atoms with van der Waals surface area (Å²) >= 11 is 0. The van der Waals surface area contributed by atoms with Gasteiger partial charge in [-0.3, -0.25) is 14.5 Å². The lowest BCUT2D eigenvalue weighted by atomic mass is 10.00. The Hall–Kier alpha value is -2.57. The minimum absolute atomic E-state index is 0. The van der Waals surface area contributed by atoms with Crippen molar-refractivity contribution >= 4 is 29.9 Å². The van der Waals surface area contributed by atoms with Crippen LogP contribution in [0.2, 0.25) is 0 Å². The molecule has 0 atom stereocenters. The van der Waals surface area contributed by atoms with E-state index in [-0.39, 0.29) is 24.2 Å². The van der Waals surface area contributed by atoms with Crippen LogP contribution in [0.15, 0.2) is 48.5 Å². The monoisotopic (exact) mass is 443 g/mol. The maximum atomic E-state index is 12.9. The van der Waals surface area contributed by atoms with Gasteiger partial charge in [0, 0.05) is 43.9 Å². The fraction of sp³-hybridized carbons (Fsp3) is 0.417. The molecule has 2 aromatic carbocycles. The molecule has 4 rings (SSSR count). The van der Waals surface area contributed by atoms with E-state index in [4.69, 9.17) is 4.74 Å². The Balaban J connectivity index is 0.00000272. The SMILES string of the molecule is Cl.O=C1CCc2cc(C(=O)N3CCN(CCCCOc4ccccc4)CC3)ccc2N1. The number of anilines is 1. The van der Waals surface area contributed by atoms with Gasteiger partial charge in [0.25, 0.3) is 5.91 Å². The van der Waals surface area contributed by atoms with Gasteiger partial charge in [-0.2, -0.15) is 0 Å². The maximum absolute atomic E-state index is 12.9. The molecule has 1 saturated heterocycles. The number of hydrogen-bond donors (Lipinski definition) is 1. The quantitative estimate of drug-likeness (QED) is 0.664. The second-order valence-electron chi connectivity index (χ2n) is 7.92. The van der Waals surface area contributed by atoms with E-state index in [9.17, 15) is 9.59 Å². The number of halogens is 1. The van der Waals surface area contributed by atoms with Gasteiger partial charge >= 0.3 is 0 Å². The van der Waals surface area contributed by atoms with Crippen molar-refractivity contribution in [3.63, 3.8) is 0 Å². The second-order valence-corrected chi connectivity index (χ2v) is 7.92. The van der Waals surface area contributed by atoms with Gasteiger partial charge in [-0.1, -0.05) is 18.2 Å². The summed E-state index contributed by atoms with van der Waals surface area (Å²) in [7, 11) is 0. The summed E-state index contributed by atoms with van der Waals surface area (Å²) in [5.74, 6) is 1.06. The van der Waals surface area contributed by atoms with E-state index in [1.807, 2.05) is 53.4 Å². The van der Waals surface area contributed by atoms with Crippen LogP contribution >= 0.6 is 12.4 Å². The molecule has 6 nitrogen and oxygen atoms in total. The molecule has 2 aromatic rings. The largest absolute Gasteiger partial charge is 0.494 e. The van der Waals surface area contributed by atoms with Crippen LogP contribution in [0, 0.1) is 0 Å². The molecule has 0 spiro atoms. The summed E-state index contributed by atoms with van der Waals surface area (Å²) < 4.78 is 5.74. The number of amides is 2. The topological polar surface area (TPSA) is 61.9 Å². The highest BCUT2D eigenvalue weighted by atomic mass is 35.5. The van der Waals surface area contributed by atoms with E-state index in [2.05, 4.69) is 10.2 Å². The number of para-hydroxylation sites is 1. The highest BCUT2D eigenvalue weighted by Crippen LogP contribution is 2.24. The molecule has 0 unspecified atom stereocenters. The number of nitrogens with zero attached hydrogens (tertiary/aromatic N) is 2. The molecular formula is C24H30ClN3O3. The first-order valence-electron chi connectivity index (χ1n) is 10.8. The Morgan fingerprint density at radius 2 is 1.74 bits per heavy atom. The Kier molecular flexibility index (Phi) is 8.32. The molecule has 31 heavy (non-hydrogen) atoms. The zero-order valence-corrected chi connectivity index (χ0v) is 18.5. The van der Waals surface area contributed by atoms with Crippen molar-refractivity contribution in [2.75, 3.05) is 44.6 Å². The zero-order valence-electron chi connectivity index (χ0n) is 17.7. The number of piperazine rings is 1. The van der Waals surface area contributed by atoms with Crippen LogP contribution in [0.4, 0.5) is 5.69 Å². The fourth-order valence-electron chi connectivity index (χ4n) is 4.02. The van der Waals surface area contributed by atoms with Crippen LogP contribution in [0.1, 0.15) is 35.2 Å². The number of hydrogen-bond acceptors (Lipinski definition) is 4. The van der Waals surface area contributed by atoms with Gasteiger partial charge < -0.3 is 15.0 Å². The first kappa shape index (κ1) is 23.1. The lowest BCUT2D eigenvalue weighted by Crippen LogP contribution is -2.48. The van der Waals surface area contributed by atoms with E-state index in [1.54, 1.807) is 0 Å². The number of fused-ring (bicyclic) bond motifs is 1. The van der Waals surface area contributed by atoms with E-state index >= 15 is 0 Å². The predicted octanol–water partition coefficient (Wildman–Crippen LogP) is 3.61. The summed E-state index contributed by atoms with van der Waals surface area (Å²) in [5, 5.41) is 2.87. The van der Waals surface area contributed by atoms with Crippen molar-refractivity contribution in [1.82, 2.24) is 9.80 Å². The molecule has 166 valence electrons. The summed E-state index contributed by atoms with van der Waals surface area (Å²) in [4.78, 5) is 28.8. The molecule has 0 radical (unpaired) electrons. The normalized spacial score (nSPS) is 16.1. The Bertz CT molecular complexity index is 883. The first-order valence-corrected chi connectivity index (χ1v) is 10.8. The van der Waals surface area contributed by atoms with Crippen molar-refractivity contribution in [3.8, 4) is 5.75 Å². The number of rotatable bonds is 7. The van der Waals surface area contributed by atoms with Crippen molar-refractivity contribution in [1.29, 1.82) is 0 Å². The molecular weight excluding hydrogens is 414 g/mol. The summed E-state index contributed by atoms with van der Waals surface area (Å²) in [5.41, 5.74) is 2.61. The molecule has 7 heteroatoms. The van der Waals surface area contributed by atoms with E-state index < -0.39 is 0 Å². The smallest absolute Gasteiger partial charge is 0.253 e. The first-order chi connectivity index (χ1) is 14.7. The van der Waals surface area contributed by atoms with Gasteiger partial charge in [0.2, 0.25) is 5.91 Å². The minimum atomic E-state index is 0. The highest BCUT2D eigenvalue weighted by molar-refractivity contribution is 5.98. The second kappa shape index (κ2) is 11.2. The van der Waals surface area contributed by atoms with E-state index in [1.165, 1.54) is 0 Å². The molecule has 0 aliphatic carbocycles. The Morgan fingerprint density at radius 1 is 0.968 bits per heavy atom. The van der Waals surface area contributed by atoms with Gasteiger partial charge in [0.05, 0.1) is 6.61 Å². The molecule has 0 bridgehead atoms. The van der Waals surface area contributed by atoms with Crippen LogP contribution in [0.3, 0.4) is 0 Å². The molecule has 1 fully saturated rings. The molecule has 0 aromatic heterocycles. The zero-order chi connectivity index (χ0) is 20.8. The summed E-state index contributed by atoms with van der Waals surface area (Å²) in [6.45, 7) is 5.11. The van der Waals surface area contributed by atoms with Gasteiger partial charge in [-0.15, -0.1) is 12.4 Å². The third kappa shape index (κ3) is 6.21. The van der Waals surface area contributed by atoms with Gasteiger partial charge in [0.1, 0.15) is 5.75 Å². The van der Waals surface area contributed by atoms with Crippen molar-refractivity contribution < 1.29 is 14.3 Å². The Labute approximate surface area is 190 Å². The Morgan fingerprint density at radius 3 is 2.52 bits per heavy atom. The predicted molar refractivity (Wildman–Crippen MR) is 124 cm³/mol. The third-order valence-corrected chi connectivity index (χ3v) is 5.79. The summed E-state index contributed by atoms with van der Waals surface area (Å²) in [6, 6.07) is 15.5. The number of aryl methyl sites for hydroxylation is 1. The lowest BCUT2D eigenvalue weighted by molar-refractivity contribution is -0.116. The van der Waals surface area contributed by atoms with Gasteiger partial charge in [0.15, 0.2) is 0 Å². The van der Waals surface area contributed by atoms with Crippen LogP contribution in [-0.4, -0.2) is 60.9 Å².